The summed E-state index contributed by atoms with van der Waals surface area (Å²) >= 11 is 1.29. The number of ether oxygens (including phenoxy) is 1. The predicted octanol–water partition coefficient (Wildman–Crippen LogP) is 2.58. The summed E-state index contributed by atoms with van der Waals surface area (Å²) in [6.07, 6.45) is -0.837. The highest BCUT2D eigenvalue weighted by Crippen LogP contribution is 2.36. The van der Waals surface area contributed by atoms with E-state index in [1.165, 1.54) is 23.2 Å². The summed E-state index contributed by atoms with van der Waals surface area (Å²) < 4.78 is 22.3. The number of likely N-dealkylation sites (tertiary alicyclic amines) is 1. The molecule has 0 spiro atoms. The van der Waals surface area contributed by atoms with Gasteiger partial charge < -0.3 is 42.2 Å². The van der Waals surface area contributed by atoms with Crippen LogP contribution in [0.25, 0.3) is 10.4 Å². The molecule has 0 radical (unpaired) electrons. The zero-order valence-corrected chi connectivity index (χ0v) is 29.9. The van der Waals surface area contributed by atoms with E-state index in [4.69, 9.17) is 16.2 Å². The molecule has 4 amide bonds. The first-order valence-corrected chi connectivity index (χ1v) is 17.2. The number of rotatable bonds is 12. The maximum Gasteiger partial charge on any atom is 0.246 e. The van der Waals surface area contributed by atoms with E-state index in [1.54, 1.807) is 55.8 Å². The normalized spacial score (nSPS) is 17.8. The van der Waals surface area contributed by atoms with Crippen LogP contribution in [0.5, 0.6) is 5.75 Å². The molecule has 50 heavy (non-hydrogen) atoms. The van der Waals surface area contributed by atoms with E-state index in [9.17, 15) is 24.3 Å². The molecule has 3 aromatic rings. The van der Waals surface area contributed by atoms with Crippen molar-refractivity contribution in [1.29, 1.82) is 0 Å². The molecule has 15 heteroatoms. The van der Waals surface area contributed by atoms with Gasteiger partial charge in [0.1, 0.15) is 18.7 Å². The van der Waals surface area contributed by atoms with Crippen molar-refractivity contribution in [3.05, 3.63) is 64.5 Å². The van der Waals surface area contributed by atoms with Crippen LogP contribution in [-0.2, 0) is 32.3 Å². The lowest BCUT2D eigenvalue weighted by Crippen LogP contribution is -2.54. The van der Waals surface area contributed by atoms with Crippen LogP contribution in [0, 0.1) is 18.2 Å². The van der Waals surface area contributed by atoms with Crippen LogP contribution in [0.3, 0.4) is 0 Å². The number of aliphatic hydroxyl groups is 1. The minimum absolute atomic E-state index is 0.0157. The molecule has 1 aliphatic heterocycles. The fraction of sp³-hybridized carbons (Fsp3) is 0.457. The standard InChI is InChI=1S/C35H46FN7O6S/c1-18(37)31(45)41-20(3)32(46)42-23-10-7-21(8-11-23)16-49-28-22(9-12-25(27(28)36)29-19(2)40-17-50-29)14-39-33(47)26-13-24(44)15-43(26)34(48)30(38)35(4,5)6/h7-12,17-18,20,24,26,30,44H,13-16,37-38H2,1-6H3,(H,39,47)(H,41,45)(H,42,46)/t18-,20-,24+,26-,30+/m0/s1. The van der Waals surface area contributed by atoms with Gasteiger partial charge in [0, 0.05) is 36.3 Å². The molecule has 0 unspecified atom stereocenters. The first-order valence-electron chi connectivity index (χ1n) is 16.3. The Balaban J connectivity index is 1.50. The Labute approximate surface area is 295 Å². The molecule has 1 aliphatic rings. The van der Waals surface area contributed by atoms with E-state index in [-0.39, 0.29) is 31.9 Å². The molecule has 4 rings (SSSR count). The summed E-state index contributed by atoms with van der Waals surface area (Å²) in [5.74, 6) is -2.50. The summed E-state index contributed by atoms with van der Waals surface area (Å²) in [7, 11) is 0. The van der Waals surface area contributed by atoms with Crippen molar-refractivity contribution in [2.24, 2.45) is 16.9 Å². The summed E-state index contributed by atoms with van der Waals surface area (Å²) in [6.45, 7) is 10.1. The maximum absolute atomic E-state index is 16.2. The van der Waals surface area contributed by atoms with Gasteiger partial charge in [-0.3, -0.25) is 19.2 Å². The molecule has 0 bridgehead atoms. The average Bonchev–Trinajstić information content (AvgIpc) is 3.67. The molecular formula is C35H46FN7O6S. The number of anilines is 1. The summed E-state index contributed by atoms with van der Waals surface area (Å²) in [6, 6.07) is 6.61. The van der Waals surface area contributed by atoms with Gasteiger partial charge in [-0.2, -0.15) is 0 Å². The van der Waals surface area contributed by atoms with Crippen LogP contribution in [0.1, 0.15) is 57.9 Å². The van der Waals surface area contributed by atoms with Crippen molar-refractivity contribution in [3.63, 3.8) is 0 Å². The fourth-order valence-electron chi connectivity index (χ4n) is 5.28. The van der Waals surface area contributed by atoms with Crippen LogP contribution < -0.4 is 32.2 Å². The number of β-amino-alcohol motifs (C(OH)–C–C–N with tert-alkyl or cyclic N) is 1. The second-order valence-corrected chi connectivity index (χ2v) is 14.5. The largest absolute Gasteiger partial charge is 0.485 e. The van der Waals surface area contributed by atoms with E-state index in [2.05, 4.69) is 20.9 Å². The van der Waals surface area contributed by atoms with Crippen LogP contribution in [0.15, 0.2) is 41.9 Å². The topological polar surface area (TPSA) is 202 Å². The highest BCUT2D eigenvalue weighted by atomic mass is 32.1. The Morgan fingerprint density at radius 3 is 2.38 bits per heavy atom. The lowest BCUT2D eigenvalue weighted by atomic mass is 9.86. The van der Waals surface area contributed by atoms with Gasteiger partial charge >= 0.3 is 0 Å². The molecule has 0 saturated carbocycles. The van der Waals surface area contributed by atoms with E-state index < -0.39 is 65.1 Å². The Kier molecular flexibility index (Phi) is 12.3. The minimum atomic E-state index is -0.943. The molecule has 1 saturated heterocycles. The Bertz CT molecular complexity index is 1710. The molecule has 2 heterocycles. The highest BCUT2D eigenvalue weighted by molar-refractivity contribution is 7.13. The second-order valence-electron chi connectivity index (χ2n) is 13.6. The number of benzene rings is 2. The van der Waals surface area contributed by atoms with Crippen LogP contribution in [0.2, 0.25) is 0 Å². The zero-order chi connectivity index (χ0) is 36.9. The third-order valence-electron chi connectivity index (χ3n) is 8.46. The molecule has 13 nitrogen and oxygen atoms in total. The Morgan fingerprint density at radius 2 is 1.78 bits per heavy atom. The van der Waals surface area contributed by atoms with Gasteiger partial charge in [-0.05, 0) is 49.9 Å². The number of halogens is 1. The zero-order valence-electron chi connectivity index (χ0n) is 29.1. The number of carbonyl (C=O) groups excluding carboxylic acids is 4. The highest BCUT2D eigenvalue weighted by Gasteiger charge is 2.42. The van der Waals surface area contributed by atoms with Gasteiger partial charge in [0.2, 0.25) is 23.6 Å². The van der Waals surface area contributed by atoms with Gasteiger partial charge in [0.15, 0.2) is 11.6 Å². The third kappa shape index (κ3) is 9.21. The Hall–Kier alpha value is -4.44. The van der Waals surface area contributed by atoms with Crippen molar-refractivity contribution in [2.45, 2.75) is 91.4 Å². The lowest BCUT2D eigenvalue weighted by molar-refractivity contribution is -0.141. The number of carbonyl (C=O) groups is 4. The van der Waals surface area contributed by atoms with Gasteiger partial charge in [-0.25, -0.2) is 9.37 Å². The smallest absolute Gasteiger partial charge is 0.246 e. The molecule has 0 aliphatic carbocycles. The van der Waals surface area contributed by atoms with Crippen LogP contribution >= 0.6 is 11.3 Å². The predicted molar refractivity (Wildman–Crippen MR) is 188 cm³/mol. The van der Waals surface area contributed by atoms with Crippen LogP contribution in [-0.4, -0.2) is 75.4 Å². The first kappa shape index (κ1) is 38.4. The molecule has 8 N–H and O–H groups in total. The van der Waals surface area contributed by atoms with Crippen molar-refractivity contribution in [3.8, 4) is 16.2 Å². The van der Waals surface area contributed by atoms with Gasteiger partial charge in [0.25, 0.3) is 0 Å². The molecule has 2 aromatic carbocycles. The maximum atomic E-state index is 16.2. The number of nitrogens with one attached hydrogen (secondary N) is 3. The number of hydrogen-bond acceptors (Lipinski definition) is 10. The monoisotopic (exact) mass is 711 g/mol. The summed E-state index contributed by atoms with van der Waals surface area (Å²) in [5.41, 5.74) is 15.3. The van der Waals surface area contributed by atoms with Crippen LogP contribution in [0.4, 0.5) is 10.1 Å². The van der Waals surface area contributed by atoms with E-state index >= 15 is 4.39 Å². The quantitative estimate of drug-likeness (QED) is 0.163. The van der Waals surface area contributed by atoms with E-state index in [1.807, 2.05) is 20.8 Å². The number of thiazole rings is 1. The number of amides is 4. The molecule has 1 aromatic heterocycles. The third-order valence-corrected chi connectivity index (χ3v) is 9.42. The molecule has 270 valence electrons. The summed E-state index contributed by atoms with van der Waals surface area (Å²) in [4.78, 5) is 57.1. The fourth-order valence-corrected chi connectivity index (χ4v) is 6.11. The number of nitrogens with zero attached hydrogens (tertiary/aromatic N) is 2. The minimum Gasteiger partial charge on any atom is -0.485 e. The average molecular weight is 712 g/mol. The Morgan fingerprint density at radius 1 is 1.10 bits per heavy atom. The van der Waals surface area contributed by atoms with Crippen molar-refractivity contribution >= 4 is 40.7 Å². The number of hydrogen-bond donors (Lipinski definition) is 6. The number of nitrogens with two attached hydrogens (primary N) is 2. The number of aliphatic hydroxyl groups excluding tert-OH is 1. The van der Waals surface area contributed by atoms with Crippen molar-refractivity contribution in [2.75, 3.05) is 11.9 Å². The SMILES string of the molecule is Cc1ncsc1-c1ccc(CNC(=O)[C@@H]2C[C@@H](O)CN2C(=O)[C@@H](N)C(C)(C)C)c(OCc2ccc(NC(=O)[C@H](C)NC(=O)[C@H](C)N)cc2)c1F. The molecular weight excluding hydrogens is 665 g/mol. The lowest BCUT2D eigenvalue weighted by Gasteiger charge is -2.32. The van der Waals surface area contributed by atoms with Gasteiger partial charge in [-0.15, -0.1) is 11.3 Å². The number of aromatic nitrogens is 1. The second kappa shape index (κ2) is 16.1. The first-order chi connectivity index (χ1) is 23.5. The summed E-state index contributed by atoms with van der Waals surface area (Å²) in [5, 5.41) is 18.4. The van der Waals surface area contributed by atoms with Gasteiger partial charge in [0.05, 0.1) is 34.3 Å². The number of aryl methyl sites for hydroxylation is 1. The molecule has 5 atom stereocenters. The van der Waals surface area contributed by atoms with Crippen molar-refractivity contribution in [1.82, 2.24) is 20.5 Å². The van der Waals surface area contributed by atoms with E-state index in [0.29, 0.717) is 32.9 Å². The van der Waals surface area contributed by atoms with Gasteiger partial charge in [-0.1, -0.05) is 39.0 Å². The van der Waals surface area contributed by atoms with E-state index in [0.717, 1.165) is 0 Å². The molecule has 1 fully saturated rings. The van der Waals surface area contributed by atoms with Crippen molar-refractivity contribution < 1.29 is 33.4 Å².